The average molecular weight is 1370 g/mol. The van der Waals surface area contributed by atoms with E-state index in [1.807, 2.05) is 126 Å². The molecular formula is C80H77N9O9S2. The molecule has 0 bridgehead atoms. The third-order valence-corrected chi connectivity index (χ3v) is 21.8. The second-order valence-electron chi connectivity index (χ2n) is 25.9. The fourth-order valence-corrected chi connectivity index (χ4v) is 16.3. The summed E-state index contributed by atoms with van der Waals surface area (Å²) >= 11 is 2.75. The molecule has 0 saturated carbocycles. The number of rotatable bonds is 12. The van der Waals surface area contributed by atoms with Gasteiger partial charge >= 0.3 is 5.97 Å². The highest BCUT2D eigenvalue weighted by Gasteiger charge is 2.47. The highest BCUT2D eigenvalue weighted by Crippen LogP contribution is 2.46. The van der Waals surface area contributed by atoms with Crippen LogP contribution in [-0.4, -0.2) is 116 Å². The number of hydrogen-bond donors (Lipinski definition) is 4. The van der Waals surface area contributed by atoms with Crippen molar-refractivity contribution in [3.63, 3.8) is 0 Å². The van der Waals surface area contributed by atoms with Gasteiger partial charge in [-0.05, 0) is 164 Å². The number of nitrogens with one attached hydrogen (secondary N) is 2. The average Bonchev–Trinajstić information content (AvgIpc) is 1.23. The lowest BCUT2D eigenvalue weighted by atomic mass is 9.73. The van der Waals surface area contributed by atoms with Crippen LogP contribution < -0.4 is 36.0 Å². The molecular weight excluding hydrogens is 1300 g/mol. The van der Waals surface area contributed by atoms with E-state index in [1.165, 1.54) is 22.7 Å². The number of hydrogen-bond acceptors (Lipinski definition) is 15. The Morgan fingerprint density at radius 1 is 0.500 bits per heavy atom. The standard InChI is InChI=1S/C40H36N4O4S.C33H30N4O5S.C6H7N.CH4/c45-34(23-27-7-2-1-3-8-27)35-24-29-16-20-44(33-11-5-4-9-31(33)36(29)49-35)39(47)28-12-14-30(15-13-28)42-38(46)32-10-6-19-41-37(32)43-25-40(26-43)17-21-48-22-18-40;38-30(25-5-3-14-34-29(25)36-19-33(20-36)12-16-42-17-13-33)35-23-9-7-21(8-10-23)31(39)37-15-11-22-18-27(32(40)41)43-28(22)24-4-1-2-6-26(24)37;7-6-4-2-1-3-5-6;/h1-15,19,24H,16-18,20-23,25-26H2,(H,42,46);1-10,14,18H,11-13,15-17,19-20H2,(H,35,38)(H,40,41);1-5H,7H2;1H4. The number of nitrogens with zero attached hydrogens (tertiary/aromatic N) is 6. The van der Waals surface area contributed by atoms with Crippen molar-refractivity contribution in [2.45, 2.75) is 52.4 Å². The molecule has 2 spiro atoms. The van der Waals surface area contributed by atoms with Gasteiger partial charge in [-0.2, -0.15) is 0 Å². The molecule has 4 saturated heterocycles. The zero-order valence-corrected chi connectivity index (χ0v) is 56.1. The number of ether oxygens (including phenoxy) is 2. The van der Waals surface area contributed by atoms with E-state index >= 15 is 0 Å². The van der Waals surface area contributed by atoms with E-state index in [1.54, 1.807) is 90.1 Å². The number of nitrogens with two attached hydrogens (primary N) is 1. The number of carboxylic acids is 1. The van der Waals surface area contributed by atoms with E-state index in [0.717, 1.165) is 138 Å². The first-order valence-electron chi connectivity index (χ1n) is 33.3. The highest BCUT2D eigenvalue weighted by atomic mass is 32.1. The topological polar surface area (TPSA) is 230 Å². The number of carbonyl (C=O) groups is 6. The molecule has 0 unspecified atom stereocenters. The first-order chi connectivity index (χ1) is 48.3. The molecule has 6 aliphatic heterocycles. The number of carbonyl (C=O) groups excluding carboxylic acids is 5. The number of fused-ring (bicyclic) bond motifs is 6. The van der Waals surface area contributed by atoms with Gasteiger partial charge in [0.2, 0.25) is 0 Å². The quantitative estimate of drug-likeness (QED) is 0.0659. The highest BCUT2D eigenvalue weighted by molar-refractivity contribution is 7.18. The summed E-state index contributed by atoms with van der Waals surface area (Å²) in [6, 6.07) is 59.6. The maximum absolute atomic E-state index is 14.0. The van der Waals surface area contributed by atoms with E-state index in [2.05, 4.69) is 30.4 Å². The SMILES string of the molecule is C.Nc1ccccc1.O=C(Cc1ccccc1)c1cc2c(s1)-c1ccccc1N(C(=O)c1ccc(NC(=O)c3cccnc3N3CC4(CCOCC4)C3)cc1)CC2.O=C(O)c1cc2c(s1)-c1ccccc1N(C(=O)c1ccc(NC(=O)c3cccnc3N3CC4(CCOCC4)C3)cc1)CC2. The number of carboxylic acid groups (broad SMARTS) is 1. The summed E-state index contributed by atoms with van der Waals surface area (Å²) in [5, 5.41) is 15.5. The van der Waals surface area contributed by atoms with Crippen LogP contribution in [0.15, 0.2) is 207 Å². The summed E-state index contributed by atoms with van der Waals surface area (Å²) in [5.74, 6) is -0.209. The Morgan fingerprint density at radius 2 is 0.910 bits per heavy atom. The third kappa shape index (κ3) is 14.6. The molecule has 4 amide bonds. The van der Waals surface area contributed by atoms with Gasteiger partial charge in [0.25, 0.3) is 23.6 Å². The number of amides is 4. The number of benzene rings is 6. The maximum atomic E-state index is 14.0. The first-order valence-corrected chi connectivity index (χ1v) is 35.0. The fourth-order valence-electron chi connectivity index (χ4n) is 14.0. The molecule has 20 heteroatoms. The Balaban J connectivity index is 0.000000163. The number of aromatic carboxylic acids is 1. The molecule has 5 N–H and O–H groups in total. The number of para-hydroxylation sites is 3. The van der Waals surface area contributed by atoms with Crippen LogP contribution >= 0.6 is 22.7 Å². The molecule has 10 aromatic rings. The van der Waals surface area contributed by atoms with E-state index in [-0.39, 0.29) is 47.7 Å². The number of Topliss-reactive ketones (excluding diaryl/α,β-unsaturated/α-hetero) is 1. The normalized spacial score (nSPS) is 15.8. The van der Waals surface area contributed by atoms with Crippen molar-refractivity contribution in [1.82, 2.24) is 9.97 Å². The summed E-state index contributed by atoms with van der Waals surface area (Å²) in [7, 11) is 0. The molecule has 100 heavy (non-hydrogen) atoms. The Hall–Kier alpha value is -10.6. The van der Waals surface area contributed by atoms with Crippen LogP contribution in [-0.2, 0) is 28.7 Å². The van der Waals surface area contributed by atoms with Gasteiger partial charge < -0.3 is 50.5 Å². The fraction of sp³-hybridized carbons (Fsp3) is 0.250. The lowest BCUT2D eigenvalue weighted by molar-refractivity contribution is -0.000650. The Morgan fingerprint density at radius 3 is 1.34 bits per heavy atom. The minimum absolute atomic E-state index is 0. The molecule has 0 atom stereocenters. The minimum Gasteiger partial charge on any atom is -0.477 e. The van der Waals surface area contributed by atoms with Crippen molar-refractivity contribution < 1.29 is 43.3 Å². The first kappa shape index (κ1) is 67.9. The predicted octanol–water partition coefficient (Wildman–Crippen LogP) is 14.8. The van der Waals surface area contributed by atoms with Gasteiger partial charge in [0.1, 0.15) is 16.5 Å². The molecule has 0 aliphatic carbocycles. The van der Waals surface area contributed by atoms with Crippen LogP contribution in [0.1, 0.15) is 111 Å². The summed E-state index contributed by atoms with van der Waals surface area (Å²) in [6.45, 7) is 7.57. The van der Waals surface area contributed by atoms with E-state index in [4.69, 9.17) is 15.2 Å². The Labute approximate surface area is 589 Å². The molecule has 4 aromatic heterocycles. The molecule has 6 aliphatic rings. The second-order valence-corrected chi connectivity index (χ2v) is 28.0. The zero-order chi connectivity index (χ0) is 68.0. The molecule has 16 rings (SSSR count). The molecule has 4 fully saturated rings. The molecule has 0 radical (unpaired) electrons. The van der Waals surface area contributed by atoms with Crippen molar-refractivity contribution in [2.24, 2.45) is 10.8 Å². The zero-order valence-electron chi connectivity index (χ0n) is 54.4. The smallest absolute Gasteiger partial charge is 0.345 e. The predicted molar refractivity (Wildman–Crippen MR) is 396 cm³/mol. The lowest BCUT2D eigenvalue weighted by Gasteiger charge is -2.53. The molecule has 18 nitrogen and oxygen atoms in total. The van der Waals surface area contributed by atoms with Gasteiger partial charge in [0, 0.05) is 144 Å². The summed E-state index contributed by atoms with van der Waals surface area (Å²) < 4.78 is 11.1. The van der Waals surface area contributed by atoms with Crippen LogP contribution in [0.2, 0.25) is 0 Å². The van der Waals surface area contributed by atoms with Crippen LogP contribution in [0, 0.1) is 10.8 Å². The summed E-state index contributed by atoms with van der Waals surface area (Å²) in [4.78, 5) is 99.2. The van der Waals surface area contributed by atoms with Crippen molar-refractivity contribution in [3.8, 4) is 20.9 Å². The number of ketones is 1. The second kappa shape index (κ2) is 29.8. The number of aromatic nitrogens is 2. The van der Waals surface area contributed by atoms with Gasteiger partial charge in [0.05, 0.1) is 27.4 Å². The molecule has 6 aromatic carbocycles. The van der Waals surface area contributed by atoms with E-state index < -0.39 is 5.97 Å². The third-order valence-electron chi connectivity index (χ3n) is 19.3. The van der Waals surface area contributed by atoms with Crippen LogP contribution in [0.25, 0.3) is 20.9 Å². The number of nitrogen functional groups attached to an aromatic ring is 1. The van der Waals surface area contributed by atoms with Gasteiger partial charge in [0.15, 0.2) is 5.78 Å². The minimum atomic E-state index is -0.945. The number of pyridine rings is 2. The monoisotopic (exact) mass is 1370 g/mol. The Kier molecular flexibility index (Phi) is 20.3. The van der Waals surface area contributed by atoms with Crippen molar-refractivity contribution in [3.05, 3.63) is 255 Å². The number of anilines is 7. The Bertz CT molecular complexity index is 4630. The summed E-state index contributed by atoms with van der Waals surface area (Å²) in [5.41, 5.74) is 16.3. The molecule has 10 heterocycles. The maximum Gasteiger partial charge on any atom is 0.345 e. The van der Waals surface area contributed by atoms with Gasteiger partial charge in [-0.1, -0.05) is 92.4 Å². The summed E-state index contributed by atoms with van der Waals surface area (Å²) in [6.07, 6.45) is 9.14. The van der Waals surface area contributed by atoms with E-state index in [0.29, 0.717) is 82.5 Å². The van der Waals surface area contributed by atoms with Gasteiger partial charge in [-0.3, -0.25) is 24.0 Å². The van der Waals surface area contributed by atoms with Crippen LogP contribution in [0.3, 0.4) is 0 Å². The molecule has 508 valence electrons. The lowest BCUT2D eigenvalue weighted by Crippen LogP contribution is -2.59. The van der Waals surface area contributed by atoms with Crippen LogP contribution in [0.5, 0.6) is 0 Å². The van der Waals surface area contributed by atoms with Gasteiger partial charge in [-0.25, -0.2) is 14.8 Å². The largest absolute Gasteiger partial charge is 0.477 e. The van der Waals surface area contributed by atoms with Crippen molar-refractivity contribution in [1.29, 1.82) is 0 Å². The van der Waals surface area contributed by atoms with Gasteiger partial charge in [-0.15, -0.1) is 22.7 Å². The van der Waals surface area contributed by atoms with Crippen LogP contribution in [0.4, 0.5) is 40.1 Å². The number of thiophene rings is 2. The van der Waals surface area contributed by atoms with Crippen molar-refractivity contribution in [2.75, 3.05) is 102 Å². The van der Waals surface area contributed by atoms with Crippen molar-refractivity contribution >= 4 is 98.1 Å². The van der Waals surface area contributed by atoms with E-state index in [9.17, 15) is 33.9 Å².